The van der Waals surface area contributed by atoms with E-state index in [0.717, 1.165) is 63.5 Å². The molecule has 1 aliphatic heterocycles. The molecule has 2 aromatic heterocycles. The molecule has 5 rings (SSSR count). The number of fused-ring (bicyclic) bond motifs is 1. The van der Waals surface area contributed by atoms with Crippen molar-refractivity contribution in [3.8, 4) is 5.75 Å². The summed E-state index contributed by atoms with van der Waals surface area (Å²) in [5.41, 5.74) is 3.72. The summed E-state index contributed by atoms with van der Waals surface area (Å²) in [5.74, 6) is 1.60. The van der Waals surface area contributed by atoms with Gasteiger partial charge in [0.2, 0.25) is 5.82 Å². The van der Waals surface area contributed by atoms with E-state index < -0.39 is 0 Å². The zero-order valence-corrected chi connectivity index (χ0v) is 20.2. The fourth-order valence-electron chi connectivity index (χ4n) is 4.77. The van der Waals surface area contributed by atoms with E-state index in [4.69, 9.17) is 9.47 Å². The molecule has 1 aliphatic rings. The number of ether oxygens (including phenoxy) is 2. The molecule has 4 aromatic rings. The lowest BCUT2D eigenvalue weighted by Gasteiger charge is -2.21. The van der Waals surface area contributed by atoms with Gasteiger partial charge in [-0.3, -0.25) is 4.79 Å². The summed E-state index contributed by atoms with van der Waals surface area (Å²) in [6, 6.07) is 16.0. The van der Waals surface area contributed by atoms with Crippen molar-refractivity contribution in [3.63, 3.8) is 0 Å². The third-order valence-electron chi connectivity index (χ3n) is 6.56. The highest BCUT2D eigenvalue weighted by Crippen LogP contribution is 2.17. The van der Waals surface area contributed by atoms with Crippen molar-refractivity contribution in [2.24, 2.45) is 0 Å². The number of quaternary nitrogens is 1. The summed E-state index contributed by atoms with van der Waals surface area (Å²) in [4.78, 5) is 17.1. The van der Waals surface area contributed by atoms with Gasteiger partial charge in [0.05, 0.1) is 25.3 Å². The smallest absolute Gasteiger partial charge is 0.257 e. The molecule has 0 radical (unpaired) electrons. The van der Waals surface area contributed by atoms with Gasteiger partial charge in [-0.15, -0.1) is 5.10 Å². The number of tetrazole rings is 1. The largest absolute Gasteiger partial charge is 0.496 e. The highest BCUT2D eigenvalue weighted by molar-refractivity contribution is 5.79. The molecule has 0 aliphatic carbocycles. The van der Waals surface area contributed by atoms with Crippen molar-refractivity contribution in [2.75, 3.05) is 13.7 Å². The zero-order valence-electron chi connectivity index (χ0n) is 20.2. The van der Waals surface area contributed by atoms with Gasteiger partial charge in [-0.2, -0.15) is 0 Å². The van der Waals surface area contributed by atoms with E-state index in [-0.39, 0.29) is 11.7 Å². The molecule has 182 valence electrons. The number of aryl methyl sites for hydroxylation is 1. The number of H-pyrrole nitrogens is 1. The normalized spacial score (nSPS) is 16.6. The van der Waals surface area contributed by atoms with Crippen LogP contribution in [0.1, 0.15) is 35.4 Å². The van der Waals surface area contributed by atoms with E-state index in [1.165, 1.54) is 0 Å². The third-order valence-corrected chi connectivity index (χ3v) is 6.56. The van der Waals surface area contributed by atoms with Crippen LogP contribution in [-0.4, -0.2) is 45.0 Å². The van der Waals surface area contributed by atoms with Crippen LogP contribution in [0.4, 0.5) is 0 Å². The first-order valence-electron chi connectivity index (χ1n) is 12.0. The molecular weight excluding hydrogens is 444 g/mol. The molecule has 35 heavy (non-hydrogen) atoms. The minimum absolute atomic E-state index is 0.0715. The summed E-state index contributed by atoms with van der Waals surface area (Å²) in [7, 11) is 1.68. The van der Waals surface area contributed by atoms with Gasteiger partial charge in [-0.05, 0) is 65.9 Å². The number of nitrogens with zero attached hydrogens (tertiary/aromatic N) is 4. The first kappa shape index (κ1) is 23.2. The number of aromatic nitrogens is 5. The first-order valence-corrected chi connectivity index (χ1v) is 12.0. The van der Waals surface area contributed by atoms with Gasteiger partial charge < -0.3 is 19.4 Å². The Labute approximate surface area is 203 Å². The van der Waals surface area contributed by atoms with E-state index in [1.54, 1.807) is 7.11 Å². The predicted octanol–water partition coefficient (Wildman–Crippen LogP) is 1.80. The number of nitrogens with one attached hydrogen (secondary N) is 2. The number of aromatic amines is 1. The second-order valence-electron chi connectivity index (χ2n) is 9.22. The SMILES string of the molecule is COc1ccccc1C[NH+](Cc1cc2cc(C)ccc2[nH]c1=O)Cc1nnnn1C[C@@H]1CCCO1. The fourth-order valence-corrected chi connectivity index (χ4v) is 4.77. The average molecular weight is 476 g/mol. The van der Waals surface area contributed by atoms with Crippen molar-refractivity contribution < 1.29 is 14.4 Å². The van der Waals surface area contributed by atoms with Gasteiger partial charge in [0.25, 0.3) is 5.56 Å². The van der Waals surface area contributed by atoms with Crippen LogP contribution in [0.2, 0.25) is 0 Å². The predicted molar refractivity (Wildman–Crippen MR) is 131 cm³/mol. The van der Waals surface area contributed by atoms with Gasteiger partial charge >= 0.3 is 0 Å². The maximum atomic E-state index is 13.0. The highest BCUT2D eigenvalue weighted by atomic mass is 16.5. The fraction of sp³-hybridized carbons (Fsp3) is 0.385. The van der Waals surface area contributed by atoms with Gasteiger partial charge in [-0.1, -0.05) is 23.8 Å². The topological polar surface area (TPSA) is 99.4 Å². The number of benzene rings is 2. The van der Waals surface area contributed by atoms with Crippen molar-refractivity contribution in [1.82, 2.24) is 25.2 Å². The van der Waals surface area contributed by atoms with Crippen molar-refractivity contribution >= 4 is 10.9 Å². The molecule has 0 saturated carbocycles. The summed E-state index contributed by atoms with van der Waals surface area (Å²) >= 11 is 0. The monoisotopic (exact) mass is 475 g/mol. The summed E-state index contributed by atoms with van der Waals surface area (Å²) < 4.78 is 13.2. The minimum atomic E-state index is -0.0715. The lowest BCUT2D eigenvalue weighted by atomic mass is 10.1. The molecule has 2 N–H and O–H groups in total. The van der Waals surface area contributed by atoms with Crippen LogP contribution < -0.4 is 15.2 Å². The summed E-state index contributed by atoms with van der Waals surface area (Å²) in [6.07, 6.45) is 2.22. The van der Waals surface area contributed by atoms with Crippen LogP contribution in [0, 0.1) is 6.92 Å². The second-order valence-corrected chi connectivity index (χ2v) is 9.22. The number of methoxy groups -OCH3 is 1. The van der Waals surface area contributed by atoms with Gasteiger partial charge in [0.1, 0.15) is 25.4 Å². The minimum Gasteiger partial charge on any atom is -0.496 e. The number of rotatable bonds is 9. The highest BCUT2D eigenvalue weighted by Gasteiger charge is 2.23. The molecule has 0 amide bonds. The van der Waals surface area contributed by atoms with Crippen molar-refractivity contribution in [2.45, 2.75) is 52.0 Å². The van der Waals surface area contributed by atoms with E-state index in [9.17, 15) is 4.79 Å². The van der Waals surface area contributed by atoms with Gasteiger partial charge in [-0.25, -0.2) is 4.68 Å². The molecule has 9 heteroatoms. The number of para-hydroxylation sites is 1. The molecule has 0 spiro atoms. The van der Waals surface area contributed by atoms with Crippen LogP contribution in [0.15, 0.2) is 53.3 Å². The Morgan fingerprint density at radius 2 is 2.00 bits per heavy atom. The van der Waals surface area contributed by atoms with E-state index in [2.05, 4.69) is 39.6 Å². The maximum absolute atomic E-state index is 13.0. The Balaban J connectivity index is 1.45. The molecular formula is C26H31N6O3+. The second kappa shape index (κ2) is 10.4. The Hall–Kier alpha value is -3.56. The lowest BCUT2D eigenvalue weighted by Crippen LogP contribution is -3.08. The molecule has 2 atom stereocenters. The standard InChI is InChI=1S/C26H30N6O3/c1-18-9-10-23-20(12-18)13-21(26(33)27-23)15-31(14-19-6-3-4-8-24(19)34-2)17-25-28-29-30-32(25)16-22-7-5-11-35-22/h3-4,6,8-10,12-13,22H,5,7,11,14-17H2,1-2H3,(H,27,33)/p+1/t22-/m0/s1. The maximum Gasteiger partial charge on any atom is 0.257 e. The molecule has 1 unspecified atom stereocenters. The molecule has 3 heterocycles. The number of hydrogen-bond acceptors (Lipinski definition) is 6. The first-order chi connectivity index (χ1) is 17.1. The van der Waals surface area contributed by atoms with Crippen LogP contribution in [-0.2, 0) is 30.9 Å². The third kappa shape index (κ3) is 5.41. The van der Waals surface area contributed by atoms with E-state index in [1.807, 2.05) is 41.1 Å². The Morgan fingerprint density at radius 1 is 1.14 bits per heavy atom. The van der Waals surface area contributed by atoms with E-state index >= 15 is 0 Å². The Bertz CT molecular complexity index is 1360. The molecule has 9 nitrogen and oxygen atoms in total. The lowest BCUT2D eigenvalue weighted by molar-refractivity contribution is -0.942. The summed E-state index contributed by atoms with van der Waals surface area (Å²) in [6.45, 7) is 5.21. The molecule has 0 bridgehead atoms. The molecule has 1 fully saturated rings. The average Bonchev–Trinajstić information content (AvgIpc) is 3.53. The van der Waals surface area contributed by atoms with Crippen LogP contribution in [0.25, 0.3) is 10.9 Å². The molecule has 2 aromatic carbocycles. The van der Waals surface area contributed by atoms with Crippen LogP contribution in [0.5, 0.6) is 5.75 Å². The summed E-state index contributed by atoms with van der Waals surface area (Å²) in [5, 5.41) is 13.5. The van der Waals surface area contributed by atoms with Crippen molar-refractivity contribution in [3.05, 3.63) is 81.4 Å². The van der Waals surface area contributed by atoms with Gasteiger partial charge in [0, 0.05) is 17.7 Å². The zero-order chi connectivity index (χ0) is 24.2. The van der Waals surface area contributed by atoms with Crippen LogP contribution in [0.3, 0.4) is 0 Å². The molecule has 1 saturated heterocycles. The Kier molecular flexibility index (Phi) is 6.87. The number of pyridine rings is 1. The van der Waals surface area contributed by atoms with Crippen molar-refractivity contribution in [1.29, 1.82) is 0 Å². The van der Waals surface area contributed by atoms with E-state index in [0.29, 0.717) is 26.2 Å². The van der Waals surface area contributed by atoms with Gasteiger partial charge in [0.15, 0.2) is 0 Å². The quantitative estimate of drug-likeness (QED) is 0.383. The number of hydrogen-bond donors (Lipinski definition) is 2. The Morgan fingerprint density at radius 3 is 2.83 bits per heavy atom. The van der Waals surface area contributed by atoms with Crippen LogP contribution >= 0.6 is 0 Å².